The maximum atomic E-state index is 11.2. The summed E-state index contributed by atoms with van der Waals surface area (Å²) in [6.07, 6.45) is 9.60. The van der Waals surface area contributed by atoms with Crippen LogP contribution in [0.5, 0.6) is 11.5 Å². The summed E-state index contributed by atoms with van der Waals surface area (Å²) < 4.78 is 21.8. The van der Waals surface area contributed by atoms with Crippen LogP contribution in [0.3, 0.4) is 0 Å². The van der Waals surface area contributed by atoms with Crippen molar-refractivity contribution < 1.29 is 28.5 Å². The molecule has 0 aliphatic heterocycles. The second-order valence-corrected chi connectivity index (χ2v) is 7.77. The zero-order chi connectivity index (χ0) is 21.9. The third-order valence-electron chi connectivity index (χ3n) is 5.13. The van der Waals surface area contributed by atoms with Gasteiger partial charge < -0.3 is 18.9 Å². The molecule has 2 rings (SSSR count). The number of aryl methyl sites for hydroxylation is 1. The normalized spacial score (nSPS) is 15.9. The monoisotopic (exact) mass is 418 g/mol. The lowest BCUT2D eigenvalue weighted by Gasteiger charge is -2.25. The fourth-order valence-electron chi connectivity index (χ4n) is 3.67. The molecule has 30 heavy (non-hydrogen) atoms. The van der Waals surface area contributed by atoms with Crippen molar-refractivity contribution in [2.24, 2.45) is 0 Å². The summed E-state index contributed by atoms with van der Waals surface area (Å²) in [6, 6.07) is 4.04. The minimum Gasteiger partial charge on any atom is -0.457 e. The first-order chi connectivity index (χ1) is 14.4. The van der Waals surface area contributed by atoms with Gasteiger partial charge in [0.2, 0.25) is 13.6 Å². The molecule has 6 nitrogen and oxygen atoms in total. The molecule has 6 heteroatoms. The summed E-state index contributed by atoms with van der Waals surface area (Å²) in [5, 5.41) is 0. The number of carbonyl (C=O) groups excluding carboxylic acids is 2. The molecule has 0 saturated carbocycles. The molecule has 0 bridgehead atoms. The van der Waals surface area contributed by atoms with Crippen molar-refractivity contribution in [3.63, 3.8) is 0 Å². The van der Waals surface area contributed by atoms with Crippen LogP contribution < -0.4 is 9.47 Å². The Morgan fingerprint density at radius 3 is 2.10 bits per heavy atom. The average molecular weight is 419 g/mol. The van der Waals surface area contributed by atoms with Gasteiger partial charge in [0.25, 0.3) is 0 Å². The molecule has 0 fully saturated rings. The molecule has 0 amide bonds. The number of allylic oxidation sites excluding steroid dienone is 2. The predicted molar refractivity (Wildman–Crippen MR) is 115 cm³/mol. The van der Waals surface area contributed by atoms with Crippen LogP contribution >= 0.6 is 0 Å². The van der Waals surface area contributed by atoms with Crippen molar-refractivity contribution in [2.45, 2.75) is 78.6 Å². The Hall–Kier alpha value is -2.50. The van der Waals surface area contributed by atoms with Crippen LogP contribution in [0.1, 0.15) is 83.3 Å². The molecule has 1 atom stereocenters. The minimum atomic E-state index is -0.393. The molecule has 0 heterocycles. The van der Waals surface area contributed by atoms with Crippen LogP contribution in [0, 0.1) is 0 Å². The topological polar surface area (TPSA) is 71.1 Å². The Bertz CT molecular complexity index is 711. The number of ether oxygens (including phenoxy) is 4. The molecule has 1 unspecified atom stereocenters. The first-order valence-electron chi connectivity index (χ1n) is 10.8. The summed E-state index contributed by atoms with van der Waals surface area (Å²) in [7, 11) is 0. The van der Waals surface area contributed by atoms with Gasteiger partial charge in [-0.15, -0.1) is 0 Å². The summed E-state index contributed by atoms with van der Waals surface area (Å²) in [4.78, 5) is 22.4. The summed E-state index contributed by atoms with van der Waals surface area (Å²) in [5.74, 6) is 0.645. The summed E-state index contributed by atoms with van der Waals surface area (Å²) >= 11 is 0. The fraction of sp³-hybridized carbons (Fsp3) is 0.583. The Morgan fingerprint density at radius 2 is 1.60 bits per heavy atom. The lowest BCUT2D eigenvalue weighted by molar-refractivity contribution is -0.148. The van der Waals surface area contributed by atoms with Crippen molar-refractivity contribution in [3.05, 3.63) is 34.9 Å². The lowest BCUT2D eigenvalue weighted by atomic mass is 9.84. The van der Waals surface area contributed by atoms with Crippen LogP contribution in [0.4, 0.5) is 0 Å². The zero-order valence-corrected chi connectivity index (χ0v) is 18.6. The zero-order valence-electron chi connectivity index (χ0n) is 18.6. The molecule has 0 spiro atoms. The second kappa shape index (κ2) is 12.3. The van der Waals surface area contributed by atoms with Crippen LogP contribution in [0.15, 0.2) is 23.8 Å². The SMILES string of the molecule is CCCCCc1cc(OCOC(C)=O)c(C2C=C(C)CCC2)c(OCOC(C)=O)c1. The maximum absolute atomic E-state index is 11.2. The van der Waals surface area contributed by atoms with Crippen LogP contribution in [0.25, 0.3) is 0 Å². The smallest absolute Gasteiger partial charge is 0.305 e. The van der Waals surface area contributed by atoms with Crippen molar-refractivity contribution >= 4 is 11.9 Å². The van der Waals surface area contributed by atoms with Crippen molar-refractivity contribution in [3.8, 4) is 11.5 Å². The molecule has 0 N–H and O–H groups in total. The highest BCUT2D eigenvalue weighted by Crippen LogP contribution is 2.43. The van der Waals surface area contributed by atoms with E-state index in [0.29, 0.717) is 11.5 Å². The van der Waals surface area contributed by atoms with Gasteiger partial charge in [0, 0.05) is 25.3 Å². The molecule has 1 aliphatic carbocycles. The van der Waals surface area contributed by atoms with Crippen LogP contribution in [-0.2, 0) is 25.5 Å². The maximum Gasteiger partial charge on any atom is 0.305 e. The number of esters is 2. The van der Waals surface area contributed by atoms with Gasteiger partial charge >= 0.3 is 11.9 Å². The Balaban J connectivity index is 2.40. The molecular weight excluding hydrogens is 384 g/mol. The summed E-state index contributed by atoms with van der Waals surface area (Å²) in [5.41, 5.74) is 3.32. The van der Waals surface area contributed by atoms with E-state index in [1.54, 1.807) is 0 Å². The number of hydrogen-bond acceptors (Lipinski definition) is 6. The lowest BCUT2D eigenvalue weighted by Crippen LogP contribution is -2.14. The van der Waals surface area contributed by atoms with Gasteiger partial charge in [-0.05, 0) is 56.7 Å². The van der Waals surface area contributed by atoms with E-state index in [1.165, 1.54) is 19.4 Å². The van der Waals surface area contributed by atoms with Gasteiger partial charge in [0.15, 0.2) is 0 Å². The van der Waals surface area contributed by atoms with E-state index >= 15 is 0 Å². The summed E-state index contributed by atoms with van der Waals surface area (Å²) in [6.45, 7) is 6.70. The number of unbranched alkanes of at least 4 members (excludes halogenated alkanes) is 2. The van der Waals surface area contributed by atoms with Crippen molar-refractivity contribution in [1.82, 2.24) is 0 Å². The van der Waals surface area contributed by atoms with Crippen molar-refractivity contribution in [2.75, 3.05) is 13.6 Å². The van der Waals surface area contributed by atoms with E-state index in [9.17, 15) is 9.59 Å². The molecule has 166 valence electrons. The van der Waals surface area contributed by atoms with Gasteiger partial charge in [-0.3, -0.25) is 9.59 Å². The van der Waals surface area contributed by atoms with E-state index in [2.05, 4.69) is 19.9 Å². The first-order valence-corrected chi connectivity index (χ1v) is 10.8. The quantitative estimate of drug-likeness (QED) is 0.206. The number of rotatable bonds is 11. The highest BCUT2D eigenvalue weighted by atomic mass is 16.7. The third-order valence-corrected chi connectivity index (χ3v) is 5.13. The number of hydrogen-bond donors (Lipinski definition) is 0. The van der Waals surface area contributed by atoms with Gasteiger partial charge in [-0.25, -0.2) is 0 Å². The molecular formula is C24H34O6. The molecule has 0 aromatic heterocycles. The highest BCUT2D eigenvalue weighted by molar-refractivity contribution is 5.66. The number of carbonyl (C=O) groups is 2. The van der Waals surface area contributed by atoms with E-state index in [-0.39, 0.29) is 19.5 Å². The van der Waals surface area contributed by atoms with Crippen molar-refractivity contribution in [1.29, 1.82) is 0 Å². The Kier molecular flexibility index (Phi) is 9.71. The molecule has 0 radical (unpaired) electrons. The molecule has 1 aromatic carbocycles. The van der Waals surface area contributed by atoms with Gasteiger partial charge in [0.1, 0.15) is 11.5 Å². The van der Waals surface area contributed by atoms with Crippen LogP contribution in [0.2, 0.25) is 0 Å². The predicted octanol–water partition coefficient (Wildman–Crippen LogP) is 5.43. The fourth-order valence-corrected chi connectivity index (χ4v) is 3.67. The standard InChI is InChI=1S/C24H34O6/c1-5-6-7-10-20-13-22(29-15-27-18(3)25)24(21-11-8-9-17(2)12-21)23(14-20)30-16-28-19(4)26/h12-14,21H,5-11,15-16H2,1-4H3. The van der Waals surface area contributed by atoms with Gasteiger partial charge in [-0.1, -0.05) is 31.4 Å². The third kappa shape index (κ3) is 7.73. The van der Waals surface area contributed by atoms with E-state index in [4.69, 9.17) is 18.9 Å². The highest BCUT2D eigenvalue weighted by Gasteiger charge is 2.24. The van der Waals surface area contributed by atoms with E-state index in [1.807, 2.05) is 12.1 Å². The second-order valence-electron chi connectivity index (χ2n) is 7.77. The Morgan fingerprint density at radius 1 is 1.00 bits per heavy atom. The first kappa shape index (κ1) is 23.8. The number of benzene rings is 1. The molecule has 1 aromatic rings. The van der Waals surface area contributed by atoms with Gasteiger partial charge in [-0.2, -0.15) is 0 Å². The van der Waals surface area contributed by atoms with Gasteiger partial charge in [0.05, 0.1) is 0 Å². The van der Waals surface area contributed by atoms with Crippen LogP contribution in [-0.4, -0.2) is 25.5 Å². The molecule has 1 aliphatic rings. The van der Waals surface area contributed by atoms with E-state index < -0.39 is 11.9 Å². The average Bonchev–Trinajstić information content (AvgIpc) is 2.67. The Labute approximate surface area is 179 Å². The molecule has 0 saturated heterocycles. The minimum absolute atomic E-state index is 0.128. The largest absolute Gasteiger partial charge is 0.457 e. The van der Waals surface area contributed by atoms with E-state index in [0.717, 1.165) is 56.1 Å².